The Labute approximate surface area is 129 Å². The third-order valence-electron chi connectivity index (χ3n) is 3.32. The SMILES string of the molecule is CC1CCCN(C)C1(C)C.Cl.Cl.[LiH].[MgH2]. The Hall–Kier alpha value is 1.90. The van der Waals surface area contributed by atoms with Crippen LogP contribution in [0.1, 0.15) is 33.6 Å². The minimum Gasteiger partial charge on any atom is 0.316 e. The average molecular weight is 248 g/mol. The zero-order valence-corrected chi connectivity index (χ0v) is 10.1. The summed E-state index contributed by atoms with van der Waals surface area (Å²) in [6.45, 7) is 8.32. The first-order valence-corrected chi connectivity index (χ1v) is 4.26. The van der Waals surface area contributed by atoms with Crippen LogP contribution in [0.5, 0.6) is 0 Å². The Morgan fingerprint density at radius 3 is 1.93 bits per heavy atom. The molecule has 0 bridgehead atoms. The first kappa shape index (κ1) is 24.9. The molecule has 5 heteroatoms. The molecule has 1 unspecified atom stereocenters. The molecule has 0 radical (unpaired) electrons. The molecule has 0 aliphatic carbocycles. The average Bonchev–Trinajstić information content (AvgIpc) is 1.84. The van der Waals surface area contributed by atoms with Crippen LogP contribution in [-0.4, -0.2) is 65.9 Å². The second-order valence-electron chi connectivity index (χ2n) is 4.12. The molecule has 14 heavy (non-hydrogen) atoms. The first-order chi connectivity index (χ1) is 4.55. The Kier molecular flexibility index (Phi) is 18.0. The Morgan fingerprint density at radius 2 is 1.64 bits per heavy atom. The zero-order valence-electron chi connectivity index (χ0n) is 8.46. The molecule has 82 valence electrons. The number of nitrogens with zero attached hydrogens (tertiary/aromatic N) is 1. The van der Waals surface area contributed by atoms with Crippen LogP contribution in [0.25, 0.3) is 0 Å². The van der Waals surface area contributed by atoms with Gasteiger partial charge < -0.3 is 4.90 Å². The van der Waals surface area contributed by atoms with E-state index in [1.807, 2.05) is 0 Å². The van der Waals surface area contributed by atoms with Crippen molar-refractivity contribution >= 4 is 66.7 Å². The van der Waals surface area contributed by atoms with Gasteiger partial charge in [0.1, 0.15) is 0 Å². The standard InChI is InChI=1S/C9H19N.2ClH.Li.Mg.3H/c1-8-6-5-7-10(4)9(8,2)3;;;;;;;/h8H,5-7H2,1-4H3;2*1H;;;;;. The molecular formula is C9H24Cl2LiMgN. The van der Waals surface area contributed by atoms with Gasteiger partial charge in [-0.3, -0.25) is 0 Å². The molecule has 1 saturated heterocycles. The summed E-state index contributed by atoms with van der Waals surface area (Å²) >= 11 is 0. The summed E-state index contributed by atoms with van der Waals surface area (Å²) in [4.78, 5) is 2.47. The minimum absolute atomic E-state index is 0. The van der Waals surface area contributed by atoms with E-state index in [1.54, 1.807) is 0 Å². The van der Waals surface area contributed by atoms with Crippen LogP contribution < -0.4 is 0 Å². The Bertz CT molecular complexity index is 124. The molecule has 1 aliphatic heterocycles. The van der Waals surface area contributed by atoms with E-state index in [0.717, 1.165) is 5.92 Å². The van der Waals surface area contributed by atoms with Gasteiger partial charge in [0.2, 0.25) is 0 Å². The van der Waals surface area contributed by atoms with Crippen LogP contribution in [0.2, 0.25) is 0 Å². The molecule has 0 aromatic heterocycles. The van der Waals surface area contributed by atoms with E-state index in [9.17, 15) is 0 Å². The molecule has 0 N–H and O–H groups in total. The third-order valence-corrected chi connectivity index (χ3v) is 3.32. The topological polar surface area (TPSA) is 3.24 Å². The zero-order chi connectivity index (χ0) is 7.78. The third kappa shape index (κ3) is 5.84. The van der Waals surface area contributed by atoms with E-state index in [-0.39, 0.29) is 66.7 Å². The maximum Gasteiger partial charge on any atom is 0.316 e. The second-order valence-corrected chi connectivity index (χ2v) is 4.12. The van der Waals surface area contributed by atoms with E-state index in [1.165, 1.54) is 19.4 Å². The Balaban J connectivity index is -0.000000125. The van der Waals surface area contributed by atoms with Crippen LogP contribution in [0.4, 0.5) is 0 Å². The maximum absolute atomic E-state index is 2.47. The van der Waals surface area contributed by atoms with Crippen molar-refractivity contribution in [3.8, 4) is 0 Å². The van der Waals surface area contributed by atoms with Gasteiger partial charge in [-0.1, -0.05) is 6.92 Å². The van der Waals surface area contributed by atoms with Gasteiger partial charge in [0.05, 0.1) is 0 Å². The molecule has 0 saturated carbocycles. The van der Waals surface area contributed by atoms with Crippen molar-refractivity contribution in [2.75, 3.05) is 13.6 Å². The van der Waals surface area contributed by atoms with E-state index in [2.05, 4.69) is 32.7 Å². The molecule has 1 atom stereocenters. The molecule has 0 aromatic rings. The molecule has 1 fully saturated rings. The number of piperidine rings is 1. The fraction of sp³-hybridized carbons (Fsp3) is 1.00. The van der Waals surface area contributed by atoms with Crippen molar-refractivity contribution in [2.45, 2.75) is 39.2 Å². The summed E-state index contributed by atoms with van der Waals surface area (Å²) in [5.74, 6) is 0.853. The van der Waals surface area contributed by atoms with Crippen LogP contribution >= 0.6 is 24.8 Å². The molecule has 1 aliphatic rings. The van der Waals surface area contributed by atoms with Gasteiger partial charge in [0.25, 0.3) is 0 Å². The summed E-state index contributed by atoms with van der Waals surface area (Å²) in [6.07, 6.45) is 2.78. The fourth-order valence-corrected chi connectivity index (χ4v) is 1.65. The van der Waals surface area contributed by atoms with Crippen molar-refractivity contribution in [3.05, 3.63) is 0 Å². The first-order valence-electron chi connectivity index (χ1n) is 4.26. The predicted molar refractivity (Wildman–Crippen MR) is 75.3 cm³/mol. The van der Waals surface area contributed by atoms with Crippen LogP contribution in [-0.2, 0) is 0 Å². The summed E-state index contributed by atoms with van der Waals surface area (Å²) < 4.78 is 0. The van der Waals surface area contributed by atoms with Crippen molar-refractivity contribution in [1.82, 2.24) is 4.90 Å². The van der Waals surface area contributed by atoms with Crippen molar-refractivity contribution < 1.29 is 0 Å². The largest absolute Gasteiger partial charge is 0.316 e. The minimum atomic E-state index is 0. The number of likely N-dealkylation sites (tertiary alicyclic amines) is 1. The summed E-state index contributed by atoms with van der Waals surface area (Å²) in [5, 5.41) is 0. The Morgan fingerprint density at radius 1 is 1.21 bits per heavy atom. The summed E-state index contributed by atoms with van der Waals surface area (Å²) in [6, 6.07) is 0. The number of halogens is 2. The van der Waals surface area contributed by atoms with Crippen LogP contribution in [0.3, 0.4) is 0 Å². The van der Waals surface area contributed by atoms with Gasteiger partial charge in [-0.15, -0.1) is 24.8 Å². The molecule has 1 rings (SSSR count). The summed E-state index contributed by atoms with van der Waals surface area (Å²) in [5.41, 5.74) is 0.429. The summed E-state index contributed by atoms with van der Waals surface area (Å²) in [7, 11) is 2.23. The molecule has 0 aromatic carbocycles. The van der Waals surface area contributed by atoms with Gasteiger partial charge in [-0.2, -0.15) is 0 Å². The number of rotatable bonds is 0. The van der Waals surface area contributed by atoms with Crippen molar-refractivity contribution in [2.24, 2.45) is 5.92 Å². The number of hydrogen-bond acceptors (Lipinski definition) is 1. The monoisotopic (exact) mass is 247 g/mol. The quantitative estimate of drug-likeness (QED) is 0.586. The van der Waals surface area contributed by atoms with E-state index < -0.39 is 0 Å². The molecule has 1 heterocycles. The van der Waals surface area contributed by atoms with Gasteiger partial charge >= 0.3 is 41.9 Å². The maximum atomic E-state index is 2.47. The molecule has 0 spiro atoms. The van der Waals surface area contributed by atoms with Gasteiger partial charge in [0.15, 0.2) is 0 Å². The normalized spacial score (nSPS) is 24.4. The molecule has 0 amide bonds. The van der Waals surface area contributed by atoms with Crippen LogP contribution in [0.15, 0.2) is 0 Å². The van der Waals surface area contributed by atoms with E-state index in [4.69, 9.17) is 0 Å². The second kappa shape index (κ2) is 10.1. The van der Waals surface area contributed by atoms with Crippen molar-refractivity contribution in [3.63, 3.8) is 0 Å². The van der Waals surface area contributed by atoms with E-state index >= 15 is 0 Å². The molecule has 1 nitrogen and oxygen atoms in total. The van der Waals surface area contributed by atoms with Crippen LogP contribution in [0, 0.1) is 5.92 Å². The van der Waals surface area contributed by atoms with Gasteiger partial charge in [-0.25, -0.2) is 0 Å². The van der Waals surface area contributed by atoms with E-state index in [0.29, 0.717) is 5.54 Å². The fourth-order valence-electron chi connectivity index (χ4n) is 1.65. The van der Waals surface area contributed by atoms with Gasteiger partial charge in [0, 0.05) is 5.54 Å². The molecular weight excluding hydrogens is 224 g/mol. The van der Waals surface area contributed by atoms with Crippen molar-refractivity contribution in [1.29, 1.82) is 0 Å². The predicted octanol–water partition coefficient (Wildman–Crippen LogP) is 1.41. The smallest absolute Gasteiger partial charge is 0.316 e. The van der Waals surface area contributed by atoms with Gasteiger partial charge in [-0.05, 0) is 46.2 Å². The number of hydrogen-bond donors (Lipinski definition) is 0.